The van der Waals surface area contributed by atoms with Crippen LogP contribution in [-0.4, -0.2) is 18.4 Å². The molecule has 4 nitrogen and oxygen atoms in total. The summed E-state index contributed by atoms with van der Waals surface area (Å²) in [5, 5.41) is 6.10. The third-order valence-electron chi connectivity index (χ3n) is 3.47. The number of carbonyl (C=O) groups excluding carboxylic acids is 2. The summed E-state index contributed by atoms with van der Waals surface area (Å²) in [6, 6.07) is 14.3. The summed E-state index contributed by atoms with van der Waals surface area (Å²) in [7, 11) is 0. The highest BCUT2D eigenvalue weighted by atomic mass is 35.5. The Labute approximate surface area is 140 Å². The minimum Gasteiger partial charge on any atom is -0.348 e. The first-order valence-corrected chi connectivity index (χ1v) is 7.73. The maximum Gasteiger partial charge on any atom is 0.251 e. The molecule has 0 bridgehead atoms. The summed E-state index contributed by atoms with van der Waals surface area (Å²) >= 11 is 5.84. The van der Waals surface area contributed by atoms with E-state index in [1.54, 1.807) is 24.3 Å². The van der Waals surface area contributed by atoms with Gasteiger partial charge >= 0.3 is 0 Å². The lowest BCUT2D eigenvalue weighted by Crippen LogP contribution is -2.38. The maximum atomic E-state index is 11.9. The fourth-order valence-electron chi connectivity index (χ4n) is 2.09. The molecule has 23 heavy (non-hydrogen) atoms. The molecule has 0 aromatic heterocycles. The van der Waals surface area contributed by atoms with Crippen molar-refractivity contribution < 1.29 is 9.59 Å². The number of amides is 2. The number of halogens is 1. The first kappa shape index (κ1) is 17.0. The van der Waals surface area contributed by atoms with Gasteiger partial charge in [-0.15, -0.1) is 0 Å². The van der Waals surface area contributed by atoms with Gasteiger partial charge in [-0.25, -0.2) is 0 Å². The normalized spacial score (nSPS) is 11.6. The molecular formula is C18H19ClN2O2. The molecule has 2 aromatic carbocycles. The number of aryl methyl sites for hydroxylation is 1. The summed E-state index contributed by atoms with van der Waals surface area (Å²) in [4.78, 5) is 23.9. The Morgan fingerprint density at radius 3 is 2.26 bits per heavy atom. The second-order valence-corrected chi connectivity index (χ2v) is 5.83. The standard InChI is InChI=1S/C18H19ClN2O2/c1-12-3-5-15(6-4-12)18(23)20-11-17(22)21-13(2)14-7-9-16(19)10-8-14/h3-10,13H,11H2,1-2H3,(H,20,23)(H,21,22). The highest BCUT2D eigenvalue weighted by Gasteiger charge is 2.11. The highest BCUT2D eigenvalue weighted by molar-refractivity contribution is 6.30. The average molecular weight is 331 g/mol. The zero-order valence-corrected chi connectivity index (χ0v) is 13.9. The Hall–Kier alpha value is -2.33. The third kappa shape index (κ3) is 5.11. The second-order valence-electron chi connectivity index (χ2n) is 5.39. The summed E-state index contributed by atoms with van der Waals surface area (Å²) in [6.07, 6.45) is 0. The first-order chi connectivity index (χ1) is 11.0. The molecule has 5 heteroatoms. The highest BCUT2D eigenvalue weighted by Crippen LogP contribution is 2.15. The molecule has 0 fully saturated rings. The van der Waals surface area contributed by atoms with E-state index in [1.165, 1.54) is 0 Å². The van der Waals surface area contributed by atoms with Crippen LogP contribution in [0.1, 0.15) is 34.5 Å². The lowest BCUT2D eigenvalue weighted by Gasteiger charge is -2.14. The Balaban J connectivity index is 1.83. The van der Waals surface area contributed by atoms with Crippen molar-refractivity contribution in [2.75, 3.05) is 6.54 Å². The van der Waals surface area contributed by atoms with Gasteiger partial charge < -0.3 is 10.6 Å². The van der Waals surface area contributed by atoms with E-state index in [0.29, 0.717) is 10.6 Å². The average Bonchev–Trinajstić information content (AvgIpc) is 2.54. The number of benzene rings is 2. The molecule has 120 valence electrons. The van der Waals surface area contributed by atoms with Gasteiger partial charge in [0.2, 0.25) is 5.91 Å². The molecule has 2 aromatic rings. The first-order valence-electron chi connectivity index (χ1n) is 7.35. The molecule has 2 N–H and O–H groups in total. The largest absolute Gasteiger partial charge is 0.348 e. The van der Waals surface area contributed by atoms with Crippen molar-refractivity contribution >= 4 is 23.4 Å². The number of hydrogen-bond donors (Lipinski definition) is 2. The van der Waals surface area contributed by atoms with Crippen molar-refractivity contribution in [1.29, 1.82) is 0 Å². The Morgan fingerprint density at radius 1 is 1.04 bits per heavy atom. The smallest absolute Gasteiger partial charge is 0.251 e. The van der Waals surface area contributed by atoms with E-state index in [9.17, 15) is 9.59 Å². The van der Waals surface area contributed by atoms with Crippen molar-refractivity contribution in [2.45, 2.75) is 19.9 Å². The van der Waals surface area contributed by atoms with Crippen LogP contribution < -0.4 is 10.6 Å². The monoisotopic (exact) mass is 330 g/mol. The molecule has 2 rings (SSSR count). The molecule has 0 radical (unpaired) electrons. The van der Waals surface area contributed by atoms with Gasteiger partial charge in [0.25, 0.3) is 5.91 Å². The third-order valence-corrected chi connectivity index (χ3v) is 3.72. The van der Waals surface area contributed by atoms with Crippen LogP contribution >= 0.6 is 11.6 Å². The van der Waals surface area contributed by atoms with Crippen LogP contribution in [0, 0.1) is 6.92 Å². The van der Waals surface area contributed by atoms with Gasteiger partial charge in [-0.2, -0.15) is 0 Å². The van der Waals surface area contributed by atoms with Crippen molar-refractivity contribution in [2.24, 2.45) is 0 Å². The van der Waals surface area contributed by atoms with Gasteiger partial charge in [0.1, 0.15) is 0 Å². The van der Waals surface area contributed by atoms with Crippen molar-refractivity contribution in [3.8, 4) is 0 Å². The predicted molar refractivity (Wildman–Crippen MR) is 91.5 cm³/mol. The molecule has 0 heterocycles. The van der Waals surface area contributed by atoms with Crippen LogP contribution in [0.4, 0.5) is 0 Å². The number of carbonyl (C=O) groups is 2. The quantitative estimate of drug-likeness (QED) is 0.884. The van der Waals surface area contributed by atoms with Gasteiger partial charge in [-0.05, 0) is 43.7 Å². The SMILES string of the molecule is Cc1ccc(C(=O)NCC(=O)NC(C)c2ccc(Cl)cc2)cc1. The number of nitrogens with one attached hydrogen (secondary N) is 2. The minimum absolute atomic E-state index is 0.0648. The van der Waals surface area contributed by atoms with Crippen molar-refractivity contribution in [3.63, 3.8) is 0 Å². The van der Waals surface area contributed by atoms with Crippen LogP contribution in [0.3, 0.4) is 0 Å². The van der Waals surface area contributed by atoms with Gasteiger partial charge in [0, 0.05) is 10.6 Å². The van der Waals surface area contributed by atoms with Crippen molar-refractivity contribution in [3.05, 3.63) is 70.2 Å². The summed E-state index contributed by atoms with van der Waals surface area (Å²) in [5.74, 6) is -0.507. The van der Waals surface area contributed by atoms with Crippen LogP contribution in [0.25, 0.3) is 0 Å². The molecule has 0 aliphatic rings. The van der Waals surface area contributed by atoms with Crippen LogP contribution in [0.15, 0.2) is 48.5 Å². The van der Waals surface area contributed by atoms with E-state index >= 15 is 0 Å². The summed E-state index contributed by atoms with van der Waals surface area (Å²) < 4.78 is 0. The minimum atomic E-state index is -0.265. The van der Waals surface area contributed by atoms with Gasteiger partial charge in [0.15, 0.2) is 0 Å². The lowest BCUT2D eigenvalue weighted by atomic mass is 10.1. The molecule has 0 saturated carbocycles. The fourth-order valence-corrected chi connectivity index (χ4v) is 2.22. The molecule has 1 unspecified atom stereocenters. The number of rotatable bonds is 5. The van der Waals surface area contributed by atoms with E-state index in [2.05, 4.69) is 10.6 Å². The van der Waals surface area contributed by atoms with Crippen molar-refractivity contribution in [1.82, 2.24) is 10.6 Å². The zero-order chi connectivity index (χ0) is 16.8. The second kappa shape index (κ2) is 7.79. The molecule has 0 aliphatic carbocycles. The van der Waals surface area contributed by atoms with Gasteiger partial charge in [-0.3, -0.25) is 9.59 Å². The van der Waals surface area contributed by atoms with Gasteiger partial charge in [-0.1, -0.05) is 41.4 Å². The zero-order valence-electron chi connectivity index (χ0n) is 13.1. The van der Waals surface area contributed by atoms with E-state index < -0.39 is 0 Å². The summed E-state index contributed by atoms with van der Waals surface area (Å²) in [5.41, 5.74) is 2.57. The van der Waals surface area contributed by atoms with Gasteiger partial charge in [0.05, 0.1) is 12.6 Å². The maximum absolute atomic E-state index is 11.9. The fraction of sp³-hybridized carbons (Fsp3) is 0.222. The molecule has 2 amide bonds. The Morgan fingerprint density at radius 2 is 1.65 bits per heavy atom. The predicted octanol–water partition coefficient (Wildman–Crippen LogP) is 3.26. The lowest BCUT2D eigenvalue weighted by molar-refractivity contribution is -0.120. The molecular weight excluding hydrogens is 312 g/mol. The Kier molecular flexibility index (Phi) is 5.77. The van der Waals surface area contributed by atoms with E-state index in [-0.39, 0.29) is 24.4 Å². The molecule has 0 saturated heterocycles. The van der Waals surface area contributed by atoms with Crippen LogP contribution in [0.5, 0.6) is 0 Å². The van der Waals surface area contributed by atoms with Crippen LogP contribution in [-0.2, 0) is 4.79 Å². The van der Waals surface area contributed by atoms with Crippen LogP contribution in [0.2, 0.25) is 5.02 Å². The summed E-state index contributed by atoms with van der Waals surface area (Å²) in [6.45, 7) is 3.76. The number of hydrogen-bond acceptors (Lipinski definition) is 2. The topological polar surface area (TPSA) is 58.2 Å². The van der Waals surface area contributed by atoms with E-state index in [0.717, 1.165) is 11.1 Å². The molecule has 0 spiro atoms. The molecule has 1 atom stereocenters. The Bertz CT molecular complexity index is 681. The van der Waals surface area contributed by atoms with E-state index in [1.807, 2.05) is 38.1 Å². The van der Waals surface area contributed by atoms with E-state index in [4.69, 9.17) is 11.6 Å². The molecule has 0 aliphatic heterocycles.